The van der Waals surface area contributed by atoms with Gasteiger partial charge in [0.25, 0.3) is 5.91 Å². The monoisotopic (exact) mass is 450 g/mol. The molecule has 0 aliphatic carbocycles. The first-order chi connectivity index (χ1) is 14.8. The number of ether oxygens (including phenoxy) is 2. The predicted molar refractivity (Wildman–Crippen MR) is 109 cm³/mol. The van der Waals surface area contributed by atoms with Gasteiger partial charge in [-0.3, -0.25) is 4.79 Å². The summed E-state index contributed by atoms with van der Waals surface area (Å²) < 4.78 is 50.9. The second-order valence-corrected chi connectivity index (χ2v) is 8.87. The average molecular weight is 450 g/mol. The van der Waals surface area contributed by atoms with Crippen LogP contribution in [0, 0.1) is 5.82 Å². The zero-order valence-electron chi connectivity index (χ0n) is 16.9. The van der Waals surface area contributed by atoms with E-state index >= 15 is 0 Å². The Kier molecular flexibility index (Phi) is 7.37. The maximum Gasteiger partial charge on any atom is 0.341 e. The largest absolute Gasteiger partial charge is 0.452 e. The maximum atomic E-state index is 14.2. The molecule has 8 nitrogen and oxygen atoms in total. The predicted octanol–water partition coefficient (Wildman–Crippen LogP) is 1.88. The van der Waals surface area contributed by atoms with Crippen LogP contribution in [0.4, 0.5) is 4.39 Å². The van der Waals surface area contributed by atoms with Gasteiger partial charge in [-0.2, -0.15) is 4.31 Å². The Morgan fingerprint density at radius 1 is 1.16 bits per heavy atom. The second kappa shape index (κ2) is 9.99. The van der Waals surface area contributed by atoms with Gasteiger partial charge < -0.3 is 14.8 Å². The number of esters is 1. The highest BCUT2D eigenvalue weighted by molar-refractivity contribution is 7.89. The fourth-order valence-electron chi connectivity index (χ4n) is 3.07. The molecule has 1 N–H and O–H groups in total. The quantitative estimate of drug-likeness (QED) is 0.647. The van der Waals surface area contributed by atoms with E-state index in [0.717, 1.165) is 23.8 Å². The molecule has 1 fully saturated rings. The SMILES string of the molecule is C[C@H](NC(=O)COC(=O)c1cc(S(=O)(=O)N2CCOCC2)ccc1F)c1ccccc1. The van der Waals surface area contributed by atoms with Crippen molar-refractivity contribution in [2.24, 2.45) is 0 Å². The number of benzene rings is 2. The van der Waals surface area contributed by atoms with Crippen molar-refractivity contribution in [1.82, 2.24) is 9.62 Å². The molecule has 0 bridgehead atoms. The number of amides is 1. The summed E-state index contributed by atoms with van der Waals surface area (Å²) in [6, 6.07) is 11.8. The number of halogens is 1. The molecule has 1 saturated heterocycles. The third-order valence-corrected chi connectivity index (χ3v) is 6.67. The zero-order valence-corrected chi connectivity index (χ0v) is 17.7. The standard InChI is InChI=1S/C21H23FN2O6S/c1-15(16-5-3-2-4-6-16)23-20(25)14-30-21(26)18-13-17(7-8-19(18)22)31(27,28)24-9-11-29-12-10-24/h2-8,13,15H,9-12,14H2,1H3,(H,23,25)/t15-/m0/s1. The van der Waals surface area contributed by atoms with Gasteiger partial charge in [0, 0.05) is 13.1 Å². The molecule has 1 heterocycles. The molecule has 1 aliphatic heterocycles. The first-order valence-electron chi connectivity index (χ1n) is 9.68. The van der Waals surface area contributed by atoms with Gasteiger partial charge in [0.15, 0.2) is 6.61 Å². The Hall–Kier alpha value is -2.82. The Balaban J connectivity index is 1.65. The molecule has 1 aliphatic rings. The number of carbonyl (C=O) groups is 2. The molecule has 166 valence electrons. The van der Waals surface area contributed by atoms with Gasteiger partial charge in [0.2, 0.25) is 10.0 Å². The van der Waals surface area contributed by atoms with Crippen molar-refractivity contribution < 1.29 is 31.9 Å². The summed E-state index contributed by atoms with van der Waals surface area (Å²) in [6.07, 6.45) is 0. The highest BCUT2D eigenvalue weighted by atomic mass is 32.2. The maximum absolute atomic E-state index is 14.2. The number of morpholine rings is 1. The van der Waals surface area contributed by atoms with Crippen LogP contribution in [0.5, 0.6) is 0 Å². The first kappa shape index (κ1) is 22.9. The summed E-state index contributed by atoms with van der Waals surface area (Å²) in [5, 5.41) is 2.67. The lowest BCUT2D eigenvalue weighted by Gasteiger charge is -2.26. The van der Waals surface area contributed by atoms with Crippen LogP contribution in [0.2, 0.25) is 0 Å². The minimum atomic E-state index is -3.91. The molecule has 1 atom stereocenters. The Morgan fingerprint density at radius 3 is 2.52 bits per heavy atom. The third-order valence-electron chi connectivity index (χ3n) is 4.78. The van der Waals surface area contributed by atoms with Crippen molar-refractivity contribution >= 4 is 21.9 Å². The van der Waals surface area contributed by atoms with Crippen LogP contribution in [0.25, 0.3) is 0 Å². The van der Waals surface area contributed by atoms with Crippen molar-refractivity contribution in [3.63, 3.8) is 0 Å². The van der Waals surface area contributed by atoms with E-state index in [9.17, 15) is 22.4 Å². The van der Waals surface area contributed by atoms with Crippen LogP contribution in [0.3, 0.4) is 0 Å². The van der Waals surface area contributed by atoms with E-state index in [-0.39, 0.29) is 37.2 Å². The molecule has 2 aromatic carbocycles. The minimum absolute atomic E-state index is 0.166. The van der Waals surface area contributed by atoms with Gasteiger partial charge >= 0.3 is 5.97 Å². The van der Waals surface area contributed by atoms with E-state index in [0.29, 0.717) is 0 Å². The minimum Gasteiger partial charge on any atom is -0.452 e. The van der Waals surface area contributed by atoms with Crippen LogP contribution in [-0.4, -0.2) is 57.5 Å². The van der Waals surface area contributed by atoms with Crippen LogP contribution in [0.1, 0.15) is 28.9 Å². The lowest BCUT2D eigenvalue weighted by atomic mass is 10.1. The van der Waals surface area contributed by atoms with Gasteiger partial charge in [-0.05, 0) is 30.7 Å². The number of nitrogens with one attached hydrogen (secondary N) is 1. The molecule has 31 heavy (non-hydrogen) atoms. The lowest BCUT2D eigenvalue weighted by molar-refractivity contribution is -0.124. The Morgan fingerprint density at radius 2 is 1.84 bits per heavy atom. The molecule has 0 spiro atoms. The molecular formula is C21H23FN2O6S. The van der Waals surface area contributed by atoms with Crippen LogP contribution in [0.15, 0.2) is 53.4 Å². The van der Waals surface area contributed by atoms with Crippen LogP contribution < -0.4 is 5.32 Å². The van der Waals surface area contributed by atoms with E-state index in [1.54, 1.807) is 6.92 Å². The van der Waals surface area contributed by atoms with Crippen molar-refractivity contribution in [3.8, 4) is 0 Å². The molecule has 0 unspecified atom stereocenters. The molecule has 1 amide bonds. The Labute approximate surface area is 180 Å². The fraction of sp³-hybridized carbons (Fsp3) is 0.333. The molecule has 3 rings (SSSR count). The molecule has 2 aromatic rings. The molecular weight excluding hydrogens is 427 g/mol. The average Bonchev–Trinajstić information content (AvgIpc) is 2.78. The number of hydrogen-bond acceptors (Lipinski definition) is 6. The van der Waals surface area contributed by atoms with E-state index < -0.39 is 39.9 Å². The van der Waals surface area contributed by atoms with E-state index in [4.69, 9.17) is 9.47 Å². The Bertz CT molecular complexity index is 1040. The van der Waals surface area contributed by atoms with Gasteiger partial charge in [-0.25, -0.2) is 17.6 Å². The number of rotatable bonds is 7. The lowest BCUT2D eigenvalue weighted by Crippen LogP contribution is -2.40. The highest BCUT2D eigenvalue weighted by Crippen LogP contribution is 2.21. The van der Waals surface area contributed by atoms with Crippen LogP contribution >= 0.6 is 0 Å². The zero-order chi connectivity index (χ0) is 22.4. The topological polar surface area (TPSA) is 102 Å². The smallest absolute Gasteiger partial charge is 0.341 e. The van der Waals surface area contributed by atoms with Gasteiger partial charge in [0.1, 0.15) is 5.82 Å². The second-order valence-electron chi connectivity index (χ2n) is 6.93. The van der Waals surface area contributed by atoms with E-state index in [1.807, 2.05) is 30.3 Å². The molecule has 0 saturated carbocycles. The fourth-order valence-corrected chi connectivity index (χ4v) is 4.51. The number of carbonyl (C=O) groups excluding carboxylic acids is 2. The number of sulfonamides is 1. The van der Waals surface area contributed by atoms with E-state index in [2.05, 4.69) is 5.32 Å². The summed E-state index contributed by atoms with van der Waals surface area (Å²) in [5.74, 6) is -2.63. The van der Waals surface area contributed by atoms with Crippen molar-refractivity contribution in [1.29, 1.82) is 0 Å². The normalized spacial score (nSPS) is 15.8. The number of hydrogen-bond donors (Lipinski definition) is 1. The summed E-state index contributed by atoms with van der Waals surface area (Å²) in [6.45, 7) is 1.99. The van der Waals surface area contributed by atoms with Gasteiger partial charge in [0.05, 0.1) is 29.7 Å². The van der Waals surface area contributed by atoms with Crippen molar-refractivity contribution in [3.05, 3.63) is 65.5 Å². The molecule has 0 aromatic heterocycles. The van der Waals surface area contributed by atoms with Crippen molar-refractivity contribution in [2.45, 2.75) is 17.9 Å². The van der Waals surface area contributed by atoms with Gasteiger partial charge in [-0.1, -0.05) is 30.3 Å². The van der Waals surface area contributed by atoms with E-state index in [1.165, 1.54) is 4.31 Å². The summed E-state index contributed by atoms with van der Waals surface area (Å²) in [7, 11) is -3.91. The molecule has 0 radical (unpaired) electrons. The number of nitrogens with zero attached hydrogens (tertiary/aromatic N) is 1. The van der Waals surface area contributed by atoms with Crippen molar-refractivity contribution in [2.75, 3.05) is 32.9 Å². The summed E-state index contributed by atoms with van der Waals surface area (Å²) in [4.78, 5) is 24.2. The first-order valence-corrected chi connectivity index (χ1v) is 11.1. The summed E-state index contributed by atoms with van der Waals surface area (Å²) in [5.41, 5.74) is 0.312. The van der Waals surface area contributed by atoms with Crippen LogP contribution in [-0.2, 0) is 24.3 Å². The third kappa shape index (κ3) is 5.66. The summed E-state index contributed by atoms with van der Waals surface area (Å²) >= 11 is 0. The molecule has 10 heteroatoms. The highest BCUT2D eigenvalue weighted by Gasteiger charge is 2.28. The van der Waals surface area contributed by atoms with Gasteiger partial charge in [-0.15, -0.1) is 0 Å².